The molecule has 2 aliphatic rings. The van der Waals surface area contributed by atoms with E-state index < -0.39 is 0 Å². The minimum atomic E-state index is 0.651. The number of ether oxygens (including phenoxy) is 1. The predicted octanol–water partition coefficient (Wildman–Crippen LogP) is 5.09. The van der Waals surface area contributed by atoms with E-state index in [-0.39, 0.29) is 0 Å². The van der Waals surface area contributed by atoms with Crippen LogP contribution in [0.2, 0.25) is 0 Å². The second kappa shape index (κ2) is 8.13. The Balaban J connectivity index is 1.60. The summed E-state index contributed by atoms with van der Waals surface area (Å²) >= 11 is 0. The first-order chi connectivity index (χ1) is 8.45. The normalized spacial score (nSPS) is 28.6. The van der Waals surface area contributed by atoms with E-state index in [1.165, 1.54) is 83.5 Å². The molecular weight excluding hydrogens is 208 g/mol. The van der Waals surface area contributed by atoms with Gasteiger partial charge in [-0.25, -0.2) is 0 Å². The molecule has 0 aromatic heterocycles. The molecule has 1 heteroatoms. The van der Waals surface area contributed by atoms with Crippen LogP contribution in [0.3, 0.4) is 0 Å². The van der Waals surface area contributed by atoms with Gasteiger partial charge in [0, 0.05) is 0 Å². The van der Waals surface area contributed by atoms with Gasteiger partial charge >= 0.3 is 0 Å². The van der Waals surface area contributed by atoms with Gasteiger partial charge in [-0.3, -0.25) is 0 Å². The Morgan fingerprint density at radius 1 is 0.706 bits per heavy atom. The third-order valence-corrected chi connectivity index (χ3v) is 4.52. The van der Waals surface area contributed by atoms with E-state index in [9.17, 15) is 0 Å². The highest BCUT2D eigenvalue weighted by Gasteiger charge is 2.22. The Morgan fingerprint density at radius 3 is 1.76 bits per heavy atom. The van der Waals surface area contributed by atoms with Gasteiger partial charge in [-0.1, -0.05) is 77.0 Å². The molecule has 1 saturated carbocycles. The van der Waals surface area contributed by atoms with Crippen LogP contribution in [0.15, 0.2) is 0 Å². The quantitative estimate of drug-likeness (QED) is 0.622. The average molecular weight is 238 g/mol. The first-order valence-corrected chi connectivity index (χ1v) is 8.07. The zero-order valence-electron chi connectivity index (χ0n) is 11.5. The van der Waals surface area contributed by atoms with Crippen molar-refractivity contribution in [3.8, 4) is 0 Å². The summed E-state index contributed by atoms with van der Waals surface area (Å²) in [6.45, 7) is 1.05. The number of epoxide rings is 1. The van der Waals surface area contributed by atoms with E-state index >= 15 is 0 Å². The third-order valence-electron chi connectivity index (χ3n) is 4.52. The molecule has 0 spiro atoms. The molecule has 1 saturated heterocycles. The Kier molecular flexibility index (Phi) is 6.41. The minimum Gasteiger partial charge on any atom is -0.373 e. The van der Waals surface area contributed by atoms with E-state index in [1.54, 1.807) is 0 Å². The molecule has 100 valence electrons. The smallest absolute Gasteiger partial charge is 0.0810 e. The van der Waals surface area contributed by atoms with E-state index in [2.05, 4.69) is 0 Å². The Labute approximate surface area is 107 Å². The summed E-state index contributed by atoms with van der Waals surface area (Å²) in [5.74, 6) is 1.03. The van der Waals surface area contributed by atoms with E-state index in [1.807, 2.05) is 0 Å². The largest absolute Gasteiger partial charge is 0.373 e. The molecule has 1 nitrogen and oxygen atoms in total. The van der Waals surface area contributed by atoms with Gasteiger partial charge in [0.2, 0.25) is 0 Å². The van der Waals surface area contributed by atoms with Crippen LogP contribution >= 0.6 is 0 Å². The van der Waals surface area contributed by atoms with Crippen molar-refractivity contribution in [1.29, 1.82) is 0 Å². The molecule has 1 aliphatic carbocycles. The summed E-state index contributed by atoms with van der Waals surface area (Å²) in [6, 6.07) is 0. The summed E-state index contributed by atoms with van der Waals surface area (Å²) < 4.78 is 5.30. The lowest BCUT2D eigenvalue weighted by atomic mass is 9.90. The highest BCUT2D eigenvalue weighted by atomic mass is 16.6. The SMILES string of the molecule is C1CCCCCC(CCCC2CO2)CCCC1. The van der Waals surface area contributed by atoms with Crippen molar-refractivity contribution in [3.63, 3.8) is 0 Å². The van der Waals surface area contributed by atoms with E-state index in [0.717, 1.165) is 12.5 Å². The van der Waals surface area contributed by atoms with Crippen LogP contribution in [-0.2, 0) is 4.74 Å². The van der Waals surface area contributed by atoms with Gasteiger partial charge in [-0.2, -0.15) is 0 Å². The Hall–Kier alpha value is -0.0400. The first-order valence-electron chi connectivity index (χ1n) is 8.07. The molecule has 2 rings (SSSR count). The summed E-state index contributed by atoms with van der Waals surface area (Å²) in [7, 11) is 0. The fraction of sp³-hybridized carbons (Fsp3) is 1.00. The molecule has 0 aromatic carbocycles. The molecule has 2 fully saturated rings. The van der Waals surface area contributed by atoms with Gasteiger partial charge in [-0.05, 0) is 12.3 Å². The standard InChI is InChI=1S/C16H30O/c1-2-4-6-8-11-15(10-7-5-3-1)12-9-13-16-14-17-16/h15-16H,1-14H2. The summed E-state index contributed by atoms with van der Waals surface area (Å²) in [5.41, 5.74) is 0. The van der Waals surface area contributed by atoms with Crippen molar-refractivity contribution >= 4 is 0 Å². The van der Waals surface area contributed by atoms with E-state index in [4.69, 9.17) is 4.74 Å². The number of rotatable bonds is 4. The van der Waals surface area contributed by atoms with Crippen LogP contribution in [0.5, 0.6) is 0 Å². The van der Waals surface area contributed by atoms with Gasteiger partial charge < -0.3 is 4.74 Å². The molecule has 1 unspecified atom stereocenters. The van der Waals surface area contributed by atoms with Gasteiger partial charge in [0.15, 0.2) is 0 Å². The van der Waals surface area contributed by atoms with Gasteiger partial charge in [0.25, 0.3) is 0 Å². The molecular formula is C16H30O. The molecule has 0 aromatic rings. The number of hydrogen-bond acceptors (Lipinski definition) is 1. The van der Waals surface area contributed by atoms with Crippen molar-refractivity contribution in [3.05, 3.63) is 0 Å². The molecule has 0 radical (unpaired) electrons. The van der Waals surface area contributed by atoms with Crippen LogP contribution in [0.4, 0.5) is 0 Å². The summed E-state index contributed by atoms with van der Waals surface area (Å²) in [5, 5.41) is 0. The first kappa shape index (κ1) is 13.4. The maximum atomic E-state index is 5.30. The molecule has 0 amide bonds. The Morgan fingerprint density at radius 2 is 1.24 bits per heavy atom. The van der Waals surface area contributed by atoms with Crippen LogP contribution in [0.25, 0.3) is 0 Å². The summed E-state index contributed by atoms with van der Waals surface area (Å²) in [4.78, 5) is 0. The fourth-order valence-corrected chi connectivity index (χ4v) is 3.23. The lowest BCUT2D eigenvalue weighted by Crippen LogP contribution is -2.02. The number of hydrogen-bond donors (Lipinski definition) is 0. The zero-order chi connectivity index (χ0) is 11.8. The zero-order valence-corrected chi connectivity index (χ0v) is 11.5. The average Bonchev–Trinajstić information content (AvgIpc) is 3.13. The second-order valence-corrected chi connectivity index (χ2v) is 6.16. The van der Waals surface area contributed by atoms with Crippen LogP contribution in [0, 0.1) is 5.92 Å². The van der Waals surface area contributed by atoms with Crippen LogP contribution in [-0.4, -0.2) is 12.7 Å². The van der Waals surface area contributed by atoms with Gasteiger partial charge in [0.1, 0.15) is 0 Å². The highest BCUT2D eigenvalue weighted by Crippen LogP contribution is 2.26. The van der Waals surface area contributed by atoms with Gasteiger partial charge in [0.05, 0.1) is 12.7 Å². The lowest BCUT2D eigenvalue weighted by Gasteiger charge is -2.16. The van der Waals surface area contributed by atoms with E-state index in [0.29, 0.717) is 6.10 Å². The second-order valence-electron chi connectivity index (χ2n) is 6.16. The highest BCUT2D eigenvalue weighted by molar-refractivity contribution is 4.70. The lowest BCUT2D eigenvalue weighted by molar-refractivity contribution is 0.349. The van der Waals surface area contributed by atoms with Crippen molar-refractivity contribution in [2.24, 2.45) is 5.92 Å². The van der Waals surface area contributed by atoms with Crippen LogP contribution < -0.4 is 0 Å². The molecule has 17 heavy (non-hydrogen) atoms. The third kappa shape index (κ3) is 6.45. The maximum absolute atomic E-state index is 5.30. The predicted molar refractivity (Wildman–Crippen MR) is 73.3 cm³/mol. The van der Waals surface area contributed by atoms with Crippen LogP contribution in [0.1, 0.15) is 83.5 Å². The summed E-state index contributed by atoms with van der Waals surface area (Å²) in [6.07, 6.45) is 19.8. The molecule has 1 heterocycles. The molecule has 0 bridgehead atoms. The Bertz CT molecular complexity index is 174. The fourth-order valence-electron chi connectivity index (χ4n) is 3.23. The monoisotopic (exact) mass is 238 g/mol. The molecule has 1 atom stereocenters. The topological polar surface area (TPSA) is 12.5 Å². The molecule has 0 N–H and O–H groups in total. The van der Waals surface area contributed by atoms with Crippen molar-refractivity contribution in [1.82, 2.24) is 0 Å². The minimum absolute atomic E-state index is 0.651. The van der Waals surface area contributed by atoms with Crippen molar-refractivity contribution in [2.45, 2.75) is 89.6 Å². The van der Waals surface area contributed by atoms with Crippen molar-refractivity contribution in [2.75, 3.05) is 6.61 Å². The van der Waals surface area contributed by atoms with Gasteiger partial charge in [-0.15, -0.1) is 0 Å². The molecule has 1 aliphatic heterocycles. The maximum Gasteiger partial charge on any atom is 0.0810 e. The van der Waals surface area contributed by atoms with Crippen molar-refractivity contribution < 1.29 is 4.74 Å².